The molecule has 1 atom stereocenters. The van der Waals surface area contributed by atoms with Crippen LogP contribution in [0.1, 0.15) is 32.3 Å². The molecule has 4 aromatic rings. The van der Waals surface area contributed by atoms with Crippen LogP contribution in [0.25, 0.3) is 33.5 Å². The van der Waals surface area contributed by atoms with Gasteiger partial charge in [0.15, 0.2) is 0 Å². The van der Waals surface area contributed by atoms with E-state index in [1.165, 1.54) is 11.8 Å². The summed E-state index contributed by atoms with van der Waals surface area (Å²) in [6, 6.07) is 16.4. The molecule has 0 saturated heterocycles. The van der Waals surface area contributed by atoms with Crippen molar-refractivity contribution >= 4 is 22.8 Å². The Bertz CT molecular complexity index is 1290. The lowest BCUT2D eigenvalue weighted by atomic mass is 10.0. The lowest BCUT2D eigenvalue weighted by molar-refractivity contribution is -0.150. The highest BCUT2D eigenvalue weighted by Crippen LogP contribution is 2.30. The van der Waals surface area contributed by atoms with Crippen LogP contribution in [-0.2, 0) is 16.1 Å². The molecule has 168 valence electrons. The lowest BCUT2D eigenvalue weighted by Crippen LogP contribution is -2.42. The van der Waals surface area contributed by atoms with Gasteiger partial charge in [0, 0.05) is 29.5 Å². The minimum absolute atomic E-state index is 0.168. The molecule has 33 heavy (non-hydrogen) atoms. The number of carboxylic acid groups (broad SMARTS) is 1. The number of pyridine rings is 1. The number of amides is 1. The minimum atomic E-state index is -1.02. The monoisotopic (exact) mass is 444 g/mol. The van der Waals surface area contributed by atoms with Gasteiger partial charge in [0.05, 0.1) is 11.2 Å². The Labute approximate surface area is 190 Å². The number of tetrazole rings is 1. The number of aliphatic carboxylic acids is 1. The van der Waals surface area contributed by atoms with Crippen LogP contribution in [0, 0.1) is 0 Å². The zero-order valence-corrected chi connectivity index (χ0v) is 18.4. The third-order valence-electron chi connectivity index (χ3n) is 5.50. The van der Waals surface area contributed by atoms with Gasteiger partial charge in [-0.3, -0.25) is 4.79 Å². The van der Waals surface area contributed by atoms with E-state index in [0.29, 0.717) is 18.7 Å². The summed E-state index contributed by atoms with van der Waals surface area (Å²) in [7, 11) is 0. The van der Waals surface area contributed by atoms with Crippen molar-refractivity contribution in [1.29, 1.82) is 0 Å². The zero-order valence-electron chi connectivity index (χ0n) is 18.4. The first-order valence-corrected chi connectivity index (χ1v) is 10.7. The number of fused-ring (bicyclic) bond motifs is 1. The van der Waals surface area contributed by atoms with Crippen LogP contribution < -0.4 is 0 Å². The number of nitrogens with one attached hydrogen (secondary N) is 1. The average Bonchev–Trinajstić information content (AvgIpc) is 3.36. The highest BCUT2D eigenvalue weighted by molar-refractivity contribution is 5.86. The molecule has 0 aliphatic carbocycles. The molecule has 2 heterocycles. The van der Waals surface area contributed by atoms with Crippen molar-refractivity contribution in [3.63, 3.8) is 0 Å². The highest BCUT2D eigenvalue weighted by atomic mass is 16.4. The number of hydrogen-bond donors (Lipinski definition) is 2. The number of nitrogens with zero attached hydrogens (tertiary/aromatic N) is 5. The first kappa shape index (κ1) is 22.1. The quantitative estimate of drug-likeness (QED) is 0.425. The fourth-order valence-electron chi connectivity index (χ4n) is 3.73. The largest absolute Gasteiger partial charge is 0.480 e. The van der Waals surface area contributed by atoms with Crippen LogP contribution in [-0.4, -0.2) is 53.5 Å². The Morgan fingerprint density at radius 1 is 1.09 bits per heavy atom. The summed E-state index contributed by atoms with van der Waals surface area (Å²) in [6.07, 6.45) is 0.979. The van der Waals surface area contributed by atoms with Crippen LogP contribution in [0.4, 0.5) is 0 Å². The Kier molecular flexibility index (Phi) is 6.39. The third kappa shape index (κ3) is 4.72. The Morgan fingerprint density at radius 2 is 1.88 bits per heavy atom. The van der Waals surface area contributed by atoms with Gasteiger partial charge in [-0.25, -0.2) is 9.78 Å². The summed E-state index contributed by atoms with van der Waals surface area (Å²) in [5.41, 5.74) is 4.12. The van der Waals surface area contributed by atoms with Crippen molar-refractivity contribution < 1.29 is 14.7 Å². The molecule has 9 heteroatoms. The Morgan fingerprint density at radius 3 is 2.58 bits per heavy atom. The maximum absolute atomic E-state index is 12.5. The molecule has 4 rings (SSSR count). The molecule has 0 aliphatic rings. The minimum Gasteiger partial charge on any atom is -0.480 e. The van der Waals surface area contributed by atoms with Gasteiger partial charge < -0.3 is 10.0 Å². The predicted octanol–water partition coefficient (Wildman–Crippen LogP) is 3.68. The van der Waals surface area contributed by atoms with Gasteiger partial charge in [0.2, 0.25) is 11.7 Å². The molecule has 2 N–H and O–H groups in total. The molecule has 0 aliphatic heterocycles. The van der Waals surface area contributed by atoms with E-state index in [1.54, 1.807) is 0 Å². The van der Waals surface area contributed by atoms with Crippen LogP contribution >= 0.6 is 0 Å². The number of carbonyl (C=O) groups is 2. The predicted molar refractivity (Wildman–Crippen MR) is 123 cm³/mol. The molecule has 0 saturated carbocycles. The number of H-pyrrole nitrogens is 1. The first-order valence-electron chi connectivity index (χ1n) is 10.7. The second-order valence-electron chi connectivity index (χ2n) is 7.79. The number of aromatic nitrogens is 5. The Balaban J connectivity index is 1.65. The molecule has 1 amide bonds. The summed E-state index contributed by atoms with van der Waals surface area (Å²) >= 11 is 0. The van der Waals surface area contributed by atoms with Gasteiger partial charge >= 0.3 is 5.97 Å². The van der Waals surface area contributed by atoms with Crippen LogP contribution in [0.5, 0.6) is 0 Å². The van der Waals surface area contributed by atoms with E-state index in [-0.39, 0.29) is 12.5 Å². The van der Waals surface area contributed by atoms with E-state index in [0.717, 1.165) is 33.3 Å². The standard InChI is InChI=1S/C24H24N6O3/c1-3-6-22(31)30(15(2)24(32)33)14-16-9-11-20-17(13-16)10-12-21(25-20)18-7-4-5-8-19(18)23-26-28-29-27-23/h4-5,7-13,15H,3,6,14H2,1-2H3,(H,32,33)(H,26,27,28,29)/t15-/m0/s1. The molecule has 0 unspecified atom stereocenters. The van der Waals surface area contributed by atoms with Gasteiger partial charge in [-0.05, 0) is 42.3 Å². The second kappa shape index (κ2) is 9.56. The molecule has 0 bridgehead atoms. The maximum Gasteiger partial charge on any atom is 0.326 e. The average molecular weight is 444 g/mol. The van der Waals surface area contributed by atoms with Crippen LogP contribution in [0.15, 0.2) is 54.6 Å². The summed E-state index contributed by atoms with van der Waals surface area (Å²) in [6.45, 7) is 3.66. The van der Waals surface area contributed by atoms with E-state index in [9.17, 15) is 14.7 Å². The third-order valence-corrected chi connectivity index (χ3v) is 5.50. The van der Waals surface area contributed by atoms with E-state index in [2.05, 4.69) is 20.6 Å². The Hall–Kier alpha value is -4.14. The summed E-state index contributed by atoms with van der Waals surface area (Å²) in [5.74, 6) is -0.696. The highest BCUT2D eigenvalue weighted by Gasteiger charge is 2.25. The molecule has 9 nitrogen and oxygen atoms in total. The van der Waals surface area contributed by atoms with E-state index in [4.69, 9.17) is 4.98 Å². The number of hydrogen-bond acceptors (Lipinski definition) is 6. The molecule has 0 spiro atoms. The van der Waals surface area contributed by atoms with Gasteiger partial charge in [0.1, 0.15) is 6.04 Å². The molecular weight excluding hydrogens is 420 g/mol. The molecule has 0 fully saturated rings. The summed E-state index contributed by atoms with van der Waals surface area (Å²) in [5, 5.41) is 24.6. The second-order valence-corrected chi connectivity index (χ2v) is 7.79. The summed E-state index contributed by atoms with van der Waals surface area (Å²) in [4.78, 5) is 30.3. The van der Waals surface area contributed by atoms with Gasteiger partial charge in [-0.2, -0.15) is 5.21 Å². The zero-order chi connectivity index (χ0) is 23.4. The van der Waals surface area contributed by atoms with E-state index >= 15 is 0 Å². The van der Waals surface area contributed by atoms with Crippen LogP contribution in [0.2, 0.25) is 0 Å². The van der Waals surface area contributed by atoms with Gasteiger partial charge in [0.25, 0.3) is 0 Å². The van der Waals surface area contributed by atoms with Gasteiger partial charge in [-0.1, -0.05) is 43.3 Å². The number of carbonyl (C=O) groups excluding carboxylic acids is 1. The fraction of sp³-hybridized carbons (Fsp3) is 0.250. The van der Waals surface area contributed by atoms with Crippen molar-refractivity contribution in [1.82, 2.24) is 30.5 Å². The normalized spacial score (nSPS) is 11.9. The smallest absolute Gasteiger partial charge is 0.326 e. The maximum atomic E-state index is 12.5. The van der Waals surface area contributed by atoms with Gasteiger partial charge in [-0.15, -0.1) is 10.2 Å². The SMILES string of the molecule is CCCC(=O)N(Cc1ccc2nc(-c3ccccc3-c3nn[nH]n3)ccc2c1)[C@@H](C)C(=O)O. The first-order chi connectivity index (χ1) is 16.0. The molecule has 0 radical (unpaired) electrons. The van der Waals surface area contributed by atoms with Crippen molar-refractivity contribution in [2.45, 2.75) is 39.3 Å². The molecule has 2 aromatic heterocycles. The number of benzene rings is 2. The number of rotatable bonds is 8. The molecule has 2 aromatic carbocycles. The van der Waals surface area contributed by atoms with Crippen LogP contribution in [0.3, 0.4) is 0 Å². The van der Waals surface area contributed by atoms with Crippen molar-refractivity contribution in [3.8, 4) is 22.6 Å². The topological polar surface area (TPSA) is 125 Å². The van der Waals surface area contributed by atoms with E-state index < -0.39 is 12.0 Å². The number of aromatic amines is 1. The van der Waals surface area contributed by atoms with Crippen molar-refractivity contribution in [3.05, 3.63) is 60.2 Å². The van der Waals surface area contributed by atoms with Crippen molar-refractivity contribution in [2.75, 3.05) is 0 Å². The lowest BCUT2D eigenvalue weighted by Gasteiger charge is -2.26. The fourth-order valence-corrected chi connectivity index (χ4v) is 3.73. The summed E-state index contributed by atoms with van der Waals surface area (Å²) < 4.78 is 0. The number of carboxylic acids is 1. The van der Waals surface area contributed by atoms with Crippen molar-refractivity contribution in [2.24, 2.45) is 0 Å². The van der Waals surface area contributed by atoms with E-state index in [1.807, 2.05) is 61.5 Å². The molecular formula is C24H24N6O3.